The second-order valence-corrected chi connectivity index (χ2v) is 6.17. The minimum Gasteiger partial charge on any atom is -0.480 e. The Morgan fingerprint density at radius 2 is 1.79 bits per heavy atom. The van der Waals surface area contributed by atoms with Crippen molar-refractivity contribution in [3.8, 4) is 11.5 Å². The summed E-state index contributed by atoms with van der Waals surface area (Å²) in [6.07, 6.45) is 0. The van der Waals surface area contributed by atoms with Gasteiger partial charge in [0, 0.05) is 5.02 Å². The van der Waals surface area contributed by atoms with E-state index in [1.54, 1.807) is 12.1 Å². The Labute approximate surface area is 156 Å². The molecule has 24 heavy (non-hydrogen) atoms. The third-order valence-electron chi connectivity index (χ3n) is 2.82. The number of methoxy groups -OCH3 is 1. The number of carbonyl (C=O) groups is 2. The lowest BCUT2D eigenvalue weighted by molar-refractivity contribution is -0.136. The van der Waals surface area contributed by atoms with Gasteiger partial charge in [-0.2, -0.15) is 0 Å². The molecule has 0 spiro atoms. The van der Waals surface area contributed by atoms with Crippen LogP contribution >= 0.6 is 39.1 Å². The van der Waals surface area contributed by atoms with Crippen LogP contribution in [0, 0.1) is 0 Å². The van der Waals surface area contributed by atoms with Gasteiger partial charge in [-0.05, 0) is 52.3 Å². The zero-order chi connectivity index (χ0) is 17.7. The van der Waals surface area contributed by atoms with Gasteiger partial charge < -0.3 is 14.2 Å². The summed E-state index contributed by atoms with van der Waals surface area (Å²) in [6, 6.07) is 9.10. The maximum Gasteiger partial charge on any atom is 0.349 e. The molecule has 0 atom stereocenters. The Hall–Kier alpha value is -1.76. The van der Waals surface area contributed by atoms with Crippen molar-refractivity contribution in [1.29, 1.82) is 0 Å². The molecule has 0 aliphatic heterocycles. The van der Waals surface area contributed by atoms with Gasteiger partial charge in [-0.25, -0.2) is 9.59 Å². The molecule has 2 rings (SSSR count). The highest BCUT2D eigenvalue weighted by molar-refractivity contribution is 9.10. The van der Waals surface area contributed by atoms with Gasteiger partial charge in [0.05, 0.1) is 22.2 Å². The number of benzene rings is 2. The standard InChI is InChI=1S/C16H11BrCl2O5/c1-22-16(21)9-2-4-13(11(17)6-9)24-15(20)8-23-14-5-3-10(18)7-12(14)19/h2-7H,8H2,1H3. The van der Waals surface area contributed by atoms with Crippen LogP contribution in [0.5, 0.6) is 11.5 Å². The van der Waals surface area contributed by atoms with E-state index in [4.69, 9.17) is 32.7 Å². The van der Waals surface area contributed by atoms with E-state index in [0.717, 1.165) is 0 Å². The second-order valence-electron chi connectivity index (χ2n) is 4.47. The fourth-order valence-corrected chi connectivity index (χ4v) is 2.63. The number of esters is 2. The molecule has 0 fully saturated rings. The molecule has 0 bridgehead atoms. The molecule has 0 unspecified atom stereocenters. The largest absolute Gasteiger partial charge is 0.480 e. The number of hydrogen-bond donors (Lipinski definition) is 0. The zero-order valence-corrected chi connectivity index (χ0v) is 15.4. The highest BCUT2D eigenvalue weighted by atomic mass is 79.9. The van der Waals surface area contributed by atoms with E-state index in [1.165, 1.54) is 31.4 Å². The predicted octanol–water partition coefficient (Wildman–Crippen LogP) is 4.53. The van der Waals surface area contributed by atoms with E-state index in [0.29, 0.717) is 25.8 Å². The summed E-state index contributed by atoms with van der Waals surface area (Å²) in [5, 5.41) is 0.753. The summed E-state index contributed by atoms with van der Waals surface area (Å²) in [7, 11) is 1.28. The summed E-state index contributed by atoms with van der Waals surface area (Å²) >= 11 is 15.0. The van der Waals surface area contributed by atoms with Crippen LogP contribution in [0.2, 0.25) is 10.0 Å². The minimum atomic E-state index is -0.632. The van der Waals surface area contributed by atoms with Crippen LogP contribution < -0.4 is 9.47 Å². The Bertz CT molecular complexity index is 779. The van der Waals surface area contributed by atoms with Gasteiger partial charge >= 0.3 is 11.9 Å². The molecular weight excluding hydrogens is 423 g/mol. The fourth-order valence-electron chi connectivity index (χ4n) is 1.71. The van der Waals surface area contributed by atoms with Gasteiger partial charge in [0.2, 0.25) is 0 Å². The topological polar surface area (TPSA) is 61.8 Å². The minimum absolute atomic E-state index is 0.249. The summed E-state index contributed by atoms with van der Waals surface area (Å²) < 4.78 is 15.5. The summed E-state index contributed by atoms with van der Waals surface area (Å²) in [5.41, 5.74) is 0.327. The van der Waals surface area contributed by atoms with Crippen LogP contribution in [0.3, 0.4) is 0 Å². The van der Waals surface area contributed by atoms with Gasteiger partial charge in [0.15, 0.2) is 6.61 Å². The van der Waals surface area contributed by atoms with E-state index in [-0.39, 0.29) is 12.4 Å². The normalized spacial score (nSPS) is 10.2. The molecule has 8 heteroatoms. The molecule has 2 aromatic rings. The Morgan fingerprint density at radius 3 is 2.42 bits per heavy atom. The van der Waals surface area contributed by atoms with Crippen LogP contribution in [-0.2, 0) is 9.53 Å². The van der Waals surface area contributed by atoms with Gasteiger partial charge in [-0.1, -0.05) is 23.2 Å². The van der Waals surface area contributed by atoms with Crippen molar-refractivity contribution in [2.45, 2.75) is 0 Å². The van der Waals surface area contributed by atoms with Crippen LogP contribution in [0.1, 0.15) is 10.4 Å². The maximum atomic E-state index is 11.9. The van der Waals surface area contributed by atoms with Gasteiger partial charge in [0.25, 0.3) is 0 Å². The second kappa shape index (κ2) is 8.37. The fraction of sp³-hybridized carbons (Fsp3) is 0.125. The molecule has 0 saturated heterocycles. The molecule has 0 saturated carbocycles. The quantitative estimate of drug-likeness (QED) is 0.512. The van der Waals surface area contributed by atoms with Gasteiger partial charge in [-0.15, -0.1) is 0 Å². The monoisotopic (exact) mass is 432 g/mol. The average Bonchev–Trinajstić information content (AvgIpc) is 2.55. The number of carbonyl (C=O) groups excluding carboxylic acids is 2. The first kappa shape index (κ1) is 18.6. The summed E-state index contributed by atoms with van der Waals surface area (Å²) in [6.45, 7) is -0.341. The Morgan fingerprint density at radius 1 is 1.08 bits per heavy atom. The SMILES string of the molecule is COC(=O)c1ccc(OC(=O)COc2ccc(Cl)cc2Cl)c(Br)c1. The molecule has 0 heterocycles. The Balaban J connectivity index is 1.98. The zero-order valence-electron chi connectivity index (χ0n) is 12.3. The van der Waals surface area contributed by atoms with Crippen LogP contribution in [0.15, 0.2) is 40.9 Å². The number of hydrogen-bond acceptors (Lipinski definition) is 5. The van der Waals surface area contributed by atoms with Crippen molar-refractivity contribution in [1.82, 2.24) is 0 Å². The third-order valence-corrected chi connectivity index (χ3v) is 3.97. The van der Waals surface area contributed by atoms with Crippen LogP contribution in [0.4, 0.5) is 0 Å². The first-order valence-corrected chi connectivity index (χ1v) is 8.12. The molecule has 0 aliphatic carbocycles. The van der Waals surface area contributed by atoms with Crippen molar-refractivity contribution < 1.29 is 23.8 Å². The average molecular weight is 434 g/mol. The van der Waals surface area contributed by atoms with E-state index in [9.17, 15) is 9.59 Å². The molecule has 0 radical (unpaired) electrons. The molecule has 5 nitrogen and oxygen atoms in total. The smallest absolute Gasteiger partial charge is 0.349 e. The van der Waals surface area contributed by atoms with Crippen LogP contribution in [0.25, 0.3) is 0 Å². The lowest BCUT2D eigenvalue weighted by Crippen LogP contribution is -2.18. The summed E-state index contributed by atoms with van der Waals surface area (Å²) in [5.74, 6) is -0.557. The van der Waals surface area contributed by atoms with Crippen molar-refractivity contribution in [2.24, 2.45) is 0 Å². The highest BCUT2D eigenvalue weighted by Gasteiger charge is 2.13. The van der Waals surface area contributed by atoms with Gasteiger partial charge in [-0.3, -0.25) is 0 Å². The summed E-state index contributed by atoms with van der Waals surface area (Å²) in [4.78, 5) is 23.3. The molecule has 0 amide bonds. The van der Waals surface area contributed by atoms with Crippen molar-refractivity contribution in [2.75, 3.05) is 13.7 Å². The third kappa shape index (κ3) is 4.87. The van der Waals surface area contributed by atoms with Crippen LogP contribution in [-0.4, -0.2) is 25.7 Å². The molecule has 126 valence electrons. The molecule has 0 aliphatic rings. The van der Waals surface area contributed by atoms with Gasteiger partial charge in [0.1, 0.15) is 11.5 Å². The van der Waals surface area contributed by atoms with E-state index >= 15 is 0 Å². The molecular formula is C16H11BrCl2O5. The Kier molecular flexibility index (Phi) is 6.48. The van der Waals surface area contributed by atoms with E-state index < -0.39 is 11.9 Å². The van der Waals surface area contributed by atoms with Crippen molar-refractivity contribution in [3.05, 3.63) is 56.5 Å². The first-order chi connectivity index (χ1) is 11.4. The van der Waals surface area contributed by atoms with E-state index in [1.807, 2.05) is 0 Å². The highest BCUT2D eigenvalue weighted by Crippen LogP contribution is 2.28. The lowest BCUT2D eigenvalue weighted by atomic mass is 10.2. The molecule has 0 aromatic heterocycles. The van der Waals surface area contributed by atoms with Crippen molar-refractivity contribution in [3.63, 3.8) is 0 Å². The number of rotatable bonds is 5. The molecule has 2 aromatic carbocycles. The molecule has 0 N–H and O–H groups in total. The first-order valence-electron chi connectivity index (χ1n) is 6.57. The number of halogens is 3. The van der Waals surface area contributed by atoms with Crippen molar-refractivity contribution >= 4 is 51.1 Å². The maximum absolute atomic E-state index is 11.9. The lowest BCUT2D eigenvalue weighted by Gasteiger charge is -2.10. The predicted molar refractivity (Wildman–Crippen MR) is 93.1 cm³/mol. The van der Waals surface area contributed by atoms with E-state index in [2.05, 4.69) is 20.7 Å². The number of ether oxygens (including phenoxy) is 3.